The average Bonchev–Trinajstić information content (AvgIpc) is 3.61. The predicted octanol–water partition coefficient (Wildman–Crippen LogP) is 3.51. The first-order chi connectivity index (χ1) is 18.4. The van der Waals surface area contributed by atoms with Gasteiger partial charge in [-0.05, 0) is 42.9 Å². The number of carbonyl (C=O) groups excluding carboxylic acids is 2. The smallest absolute Gasteiger partial charge is 0.312 e. The topological polar surface area (TPSA) is 134 Å². The molecule has 2 fully saturated rings. The van der Waals surface area contributed by atoms with Crippen molar-refractivity contribution in [3.05, 3.63) is 71.5 Å². The van der Waals surface area contributed by atoms with Crippen molar-refractivity contribution in [3.8, 4) is 22.9 Å². The molecule has 0 bridgehead atoms. The Morgan fingerprint density at radius 2 is 1.89 bits per heavy atom. The van der Waals surface area contributed by atoms with Crippen LogP contribution < -0.4 is 5.73 Å². The summed E-state index contributed by atoms with van der Waals surface area (Å²) in [5.74, 6) is -0.840. The molecule has 1 aliphatic carbocycles. The second-order valence-corrected chi connectivity index (χ2v) is 10.2. The van der Waals surface area contributed by atoms with Crippen molar-refractivity contribution in [3.63, 3.8) is 0 Å². The predicted molar refractivity (Wildman–Crippen MR) is 140 cm³/mol. The number of benzene rings is 2. The van der Waals surface area contributed by atoms with Crippen LogP contribution in [0.25, 0.3) is 11.1 Å². The Hall–Kier alpha value is -4.16. The van der Waals surface area contributed by atoms with Gasteiger partial charge in [-0.15, -0.1) is 0 Å². The van der Waals surface area contributed by atoms with E-state index in [4.69, 9.17) is 10.5 Å². The van der Waals surface area contributed by atoms with Crippen molar-refractivity contribution in [2.24, 2.45) is 5.73 Å². The van der Waals surface area contributed by atoms with Crippen LogP contribution in [0.15, 0.2) is 54.7 Å². The van der Waals surface area contributed by atoms with Crippen LogP contribution in [-0.2, 0) is 28.0 Å². The number of nitrogens with two attached hydrogens (primary N) is 1. The number of esters is 1. The maximum absolute atomic E-state index is 12.3. The molecule has 2 heterocycles. The highest BCUT2D eigenvalue weighted by molar-refractivity contribution is 5.94. The van der Waals surface area contributed by atoms with Gasteiger partial charge < -0.3 is 15.6 Å². The molecule has 5 rings (SSSR count). The van der Waals surface area contributed by atoms with Gasteiger partial charge in [0.15, 0.2) is 0 Å². The number of hydrogen-bond donors (Lipinski definition) is 2. The highest BCUT2D eigenvalue weighted by Crippen LogP contribution is 2.35. The maximum atomic E-state index is 12.3. The summed E-state index contributed by atoms with van der Waals surface area (Å²) in [5, 5.41) is 24.8. The van der Waals surface area contributed by atoms with Gasteiger partial charge >= 0.3 is 5.97 Å². The minimum absolute atomic E-state index is 0.0349. The van der Waals surface area contributed by atoms with Crippen LogP contribution in [0, 0.1) is 11.3 Å². The number of carbonyl (C=O) groups is 2. The van der Waals surface area contributed by atoms with Crippen LogP contribution in [-0.4, -0.2) is 50.9 Å². The Labute approximate surface area is 221 Å². The van der Waals surface area contributed by atoms with Gasteiger partial charge in [-0.25, -0.2) is 0 Å². The lowest BCUT2D eigenvalue weighted by Gasteiger charge is -2.40. The zero-order chi connectivity index (χ0) is 26.7. The lowest BCUT2D eigenvalue weighted by Crippen LogP contribution is -2.46. The Morgan fingerprint density at radius 3 is 2.53 bits per heavy atom. The zero-order valence-electron chi connectivity index (χ0n) is 21.2. The van der Waals surface area contributed by atoms with Gasteiger partial charge in [0, 0.05) is 31.4 Å². The molecule has 2 aliphatic rings. The number of phenols is 1. The van der Waals surface area contributed by atoms with Crippen LogP contribution in [0.5, 0.6) is 5.75 Å². The second-order valence-electron chi connectivity index (χ2n) is 10.2. The van der Waals surface area contributed by atoms with E-state index in [2.05, 4.69) is 16.1 Å². The molecule has 0 radical (unpaired) electrons. The van der Waals surface area contributed by atoms with E-state index in [1.54, 1.807) is 16.9 Å². The van der Waals surface area contributed by atoms with Crippen molar-refractivity contribution in [1.82, 2.24) is 14.7 Å². The highest BCUT2D eigenvalue weighted by Gasteiger charge is 2.38. The van der Waals surface area contributed by atoms with E-state index in [0.29, 0.717) is 32.5 Å². The van der Waals surface area contributed by atoms with Crippen molar-refractivity contribution in [2.75, 3.05) is 13.1 Å². The second kappa shape index (κ2) is 10.7. The molecular formula is C29H31N5O4. The van der Waals surface area contributed by atoms with Crippen molar-refractivity contribution in [2.45, 2.75) is 56.7 Å². The van der Waals surface area contributed by atoms with Gasteiger partial charge in [-0.1, -0.05) is 42.5 Å². The number of ether oxygens (including phenoxy) is 1. The van der Waals surface area contributed by atoms with Gasteiger partial charge in [-0.2, -0.15) is 10.4 Å². The number of primary amides is 1. The number of hydrogen-bond acceptors (Lipinski definition) is 7. The molecule has 3 aromatic rings. The fourth-order valence-corrected chi connectivity index (χ4v) is 5.10. The molecule has 1 aromatic heterocycles. The van der Waals surface area contributed by atoms with Crippen LogP contribution in [0.4, 0.5) is 0 Å². The van der Waals surface area contributed by atoms with Crippen LogP contribution in [0.2, 0.25) is 0 Å². The summed E-state index contributed by atoms with van der Waals surface area (Å²) in [4.78, 5) is 26.7. The number of aromatic hydroxyl groups is 1. The van der Waals surface area contributed by atoms with E-state index in [0.717, 1.165) is 29.5 Å². The quantitative estimate of drug-likeness (QED) is 0.418. The largest absolute Gasteiger partial charge is 0.507 e. The summed E-state index contributed by atoms with van der Waals surface area (Å²) < 4.78 is 7.00. The molecule has 1 aliphatic heterocycles. The molecule has 0 atom stereocenters. The normalized spacial score (nSPS) is 17.0. The SMILES string of the molecule is N#CCC1(n2cc(C(N)=O)c(CC(=O)OC3CC3)n2)CCN(Cc2ccc(-c3ccccc3)c(O)c2)CC1. The van der Waals surface area contributed by atoms with Gasteiger partial charge in [0.2, 0.25) is 0 Å². The van der Waals surface area contributed by atoms with E-state index in [1.807, 2.05) is 42.5 Å². The van der Waals surface area contributed by atoms with E-state index in [9.17, 15) is 20.0 Å². The van der Waals surface area contributed by atoms with Crippen molar-refractivity contribution < 1.29 is 19.4 Å². The van der Waals surface area contributed by atoms with E-state index < -0.39 is 17.4 Å². The number of piperidine rings is 1. The number of nitrogens with zero attached hydrogens (tertiary/aromatic N) is 4. The molecule has 1 saturated heterocycles. The maximum Gasteiger partial charge on any atom is 0.312 e. The van der Waals surface area contributed by atoms with Crippen molar-refractivity contribution in [1.29, 1.82) is 5.26 Å². The number of rotatable bonds is 9. The third kappa shape index (κ3) is 5.55. The molecule has 196 valence electrons. The highest BCUT2D eigenvalue weighted by atomic mass is 16.5. The number of amides is 1. The lowest BCUT2D eigenvalue weighted by atomic mass is 9.84. The molecule has 9 nitrogen and oxygen atoms in total. The van der Waals surface area contributed by atoms with Gasteiger partial charge in [-0.3, -0.25) is 19.2 Å². The van der Waals surface area contributed by atoms with E-state index in [1.165, 1.54) is 0 Å². The fourth-order valence-electron chi connectivity index (χ4n) is 5.10. The Balaban J connectivity index is 1.28. The lowest BCUT2D eigenvalue weighted by molar-refractivity contribution is -0.144. The first-order valence-electron chi connectivity index (χ1n) is 12.9. The number of nitriles is 1. The Morgan fingerprint density at radius 1 is 1.16 bits per heavy atom. The third-order valence-corrected chi connectivity index (χ3v) is 7.42. The minimum Gasteiger partial charge on any atom is -0.507 e. The summed E-state index contributed by atoms with van der Waals surface area (Å²) in [6.07, 6.45) is 4.64. The first kappa shape index (κ1) is 25.5. The zero-order valence-corrected chi connectivity index (χ0v) is 21.2. The third-order valence-electron chi connectivity index (χ3n) is 7.42. The van der Waals surface area contributed by atoms with E-state index in [-0.39, 0.29) is 36.0 Å². The molecule has 3 N–H and O–H groups in total. The number of aromatic nitrogens is 2. The monoisotopic (exact) mass is 513 g/mol. The first-order valence-corrected chi connectivity index (χ1v) is 12.9. The summed E-state index contributed by atoms with van der Waals surface area (Å²) in [5.41, 5.74) is 8.22. The molecule has 1 amide bonds. The summed E-state index contributed by atoms with van der Waals surface area (Å²) in [6, 6.07) is 17.8. The minimum atomic E-state index is -0.659. The molecule has 2 aromatic carbocycles. The molecule has 0 unspecified atom stereocenters. The molecule has 9 heteroatoms. The Kier molecular flexibility index (Phi) is 7.16. The van der Waals surface area contributed by atoms with Gasteiger partial charge in [0.1, 0.15) is 11.9 Å². The summed E-state index contributed by atoms with van der Waals surface area (Å²) in [7, 11) is 0. The number of phenolic OH excluding ortho intramolecular Hbond substituents is 1. The fraction of sp³-hybridized carbons (Fsp3) is 0.379. The number of likely N-dealkylation sites (tertiary alicyclic amines) is 1. The molecule has 0 spiro atoms. The Bertz CT molecular complexity index is 1370. The van der Waals surface area contributed by atoms with Crippen molar-refractivity contribution >= 4 is 11.9 Å². The molecule has 1 saturated carbocycles. The average molecular weight is 514 g/mol. The van der Waals surface area contributed by atoms with Crippen LogP contribution in [0.3, 0.4) is 0 Å². The molecular weight excluding hydrogens is 482 g/mol. The van der Waals surface area contributed by atoms with Crippen LogP contribution in [0.1, 0.15) is 53.7 Å². The van der Waals surface area contributed by atoms with Gasteiger partial charge in [0.05, 0.1) is 35.7 Å². The summed E-state index contributed by atoms with van der Waals surface area (Å²) in [6.45, 7) is 2.07. The molecule has 38 heavy (non-hydrogen) atoms. The van der Waals surface area contributed by atoms with Gasteiger partial charge in [0.25, 0.3) is 5.91 Å². The van der Waals surface area contributed by atoms with Crippen LogP contribution >= 0.6 is 0 Å². The standard InChI is InChI=1S/C29H31N5O4/c30-13-10-29(34-19-24(28(31)37)25(32-34)17-27(36)38-22-7-8-22)11-14-33(15-12-29)18-20-6-9-23(26(35)16-20)21-4-2-1-3-5-21/h1-6,9,16,19,22,35H,7-8,10-12,14-15,17-18H2,(H2,31,37). The summed E-state index contributed by atoms with van der Waals surface area (Å²) >= 11 is 0. The van der Waals surface area contributed by atoms with E-state index >= 15 is 0 Å².